The fourth-order valence-electron chi connectivity index (χ4n) is 3.80. The maximum atomic E-state index is 13.3. The topological polar surface area (TPSA) is 69.6 Å². The van der Waals surface area contributed by atoms with Crippen LogP contribution in [0.25, 0.3) is 0 Å². The number of benzene rings is 2. The van der Waals surface area contributed by atoms with Crippen molar-refractivity contribution in [1.82, 2.24) is 10.2 Å². The van der Waals surface area contributed by atoms with Crippen molar-refractivity contribution in [2.75, 3.05) is 13.6 Å². The summed E-state index contributed by atoms with van der Waals surface area (Å²) in [5, 5.41) is 12.6. The van der Waals surface area contributed by atoms with E-state index in [-0.39, 0.29) is 11.8 Å². The maximum Gasteiger partial charge on any atom is 0.326 e. The summed E-state index contributed by atoms with van der Waals surface area (Å²) in [4.78, 5) is 26.3. The Kier molecular flexibility index (Phi) is 5.68. The zero-order valence-electron chi connectivity index (χ0n) is 14.8. The largest absolute Gasteiger partial charge is 0.480 e. The molecule has 0 radical (unpaired) electrons. The lowest BCUT2D eigenvalue weighted by Gasteiger charge is -2.32. The average molecular weight is 352 g/mol. The molecule has 1 amide bonds. The molecule has 3 rings (SSSR count). The summed E-state index contributed by atoms with van der Waals surface area (Å²) in [6.07, 6.45) is 1.24. The summed E-state index contributed by atoms with van der Waals surface area (Å²) < 4.78 is 0. The van der Waals surface area contributed by atoms with E-state index < -0.39 is 18.1 Å². The number of hydrogen-bond donors (Lipinski definition) is 2. The molecule has 0 aromatic heterocycles. The second-order valence-corrected chi connectivity index (χ2v) is 6.59. The van der Waals surface area contributed by atoms with Gasteiger partial charge in [-0.1, -0.05) is 60.7 Å². The molecule has 1 aliphatic rings. The van der Waals surface area contributed by atoms with Crippen LogP contribution < -0.4 is 5.32 Å². The van der Waals surface area contributed by atoms with Gasteiger partial charge < -0.3 is 15.3 Å². The van der Waals surface area contributed by atoms with Crippen molar-refractivity contribution in [1.29, 1.82) is 0 Å². The normalized spacial score (nSPS) is 18.1. The van der Waals surface area contributed by atoms with Crippen LogP contribution in [0.3, 0.4) is 0 Å². The van der Waals surface area contributed by atoms with E-state index in [4.69, 9.17) is 0 Å². The molecule has 0 saturated carbocycles. The highest BCUT2D eigenvalue weighted by molar-refractivity contribution is 5.88. The van der Waals surface area contributed by atoms with E-state index in [9.17, 15) is 14.7 Å². The highest BCUT2D eigenvalue weighted by Crippen LogP contribution is 2.30. The summed E-state index contributed by atoms with van der Waals surface area (Å²) in [5.41, 5.74) is 2.05. The van der Waals surface area contributed by atoms with Crippen LogP contribution in [0, 0.1) is 0 Å². The molecule has 0 bridgehead atoms. The number of hydrogen-bond acceptors (Lipinski definition) is 3. The lowest BCUT2D eigenvalue weighted by atomic mass is 9.84. The highest BCUT2D eigenvalue weighted by atomic mass is 16.4. The van der Waals surface area contributed by atoms with Gasteiger partial charge >= 0.3 is 5.97 Å². The molecule has 5 heteroatoms. The van der Waals surface area contributed by atoms with Gasteiger partial charge in [0.2, 0.25) is 5.91 Å². The molecule has 1 heterocycles. The van der Waals surface area contributed by atoms with Gasteiger partial charge in [0, 0.05) is 12.5 Å². The number of likely N-dealkylation sites (N-methyl/N-ethyl adjacent to an activating group) is 1. The second kappa shape index (κ2) is 8.15. The van der Waals surface area contributed by atoms with Crippen LogP contribution in [-0.2, 0) is 9.59 Å². The number of aliphatic carboxylic acids is 1. The van der Waals surface area contributed by atoms with Crippen LogP contribution in [0.2, 0.25) is 0 Å². The molecule has 5 nitrogen and oxygen atoms in total. The van der Waals surface area contributed by atoms with Gasteiger partial charge in [0.05, 0.1) is 6.04 Å². The van der Waals surface area contributed by atoms with Crippen molar-refractivity contribution >= 4 is 11.9 Å². The lowest BCUT2D eigenvalue weighted by Crippen LogP contribution is -2.52. The molecule has 136 valence electrons. The Labute approximate surface area is 153 Å². The smallest absolute Gasteiger partial charge is 0.326 e. The van der Waals surface area contributed by atoms with Crippen molar-refractivity contribution in [3.05, 3.63) is 71.8 Å². The minimum Gasteiger partial charge on any atom is -0.480 e. The van der Waals surface area contributed by atoms with E-state index >= 15 is 0 Å². The van der Waals surface area contributed by atoms with Crippen LogP contribution in [0.1, 0.15) is 29.9 Å². The SMILES string of the molecule is CN[C@@H](C(=O)N1CCC[C@H]1C(=O)O)C(c1ccccc1)c1ccccc1. The molecule has 0 spiro atoms. The molecule has 1 saturated heterocycles. The summed E-state index contributed by atoms with van der Waals surface area (Å²) in [7, 11) is 1.76. The standard InChI is InChI=1S/C21H24N2O3/c1-22-19(20(24)23-14-8-13-17(23)21(25)26)18(15-9-4-2-5-10-15)16-11-6-3-7-12-16/h2-7,9-12,17-19,22H,8,13-14H2,1H3,(H,25,26)/t17-,19+/m0/s1. The van der Waals surface area contributed by atoms with Crippen LogP contribution in [0.4, 0.5) is 0 Å². The zero-order valence-corrected chi connectivity index (χ0v) is 14.8. The minimum absolute atomic E-state index is 0.157. The third kappa shape index (κ3) is 3.63. The Morgan fingerprint density at radius 2 is 1.58 bits per heavy atom. The number of rotatable bonds is 6. The summed E-state index contributed by atoms with van der Waals surface area (Å²) in [6.45, 7) is 0.490. The Morgan fingerprint density at radius 1 is 1.04 bits per heavy atom. The Hall–Kier alpha value is -2.66. The molecule has 1 aliphatic heterocycles. The number of nitrogens with zero attached hydrogens (tertiary/aromatic N) is 1. The number of carbonyl (C=O) groups excluding carboxylic acids is 1. The first-order valence-electron chi connectivity index (χ1n) is 8.94. The van der Waals surface area contributed by atoms with Gasteiger partial charge in [-0.15, -0.1) is 0 Å². The number of amides is 1. The van der Waals surface area contributed by atoms with Crippen LogP contribution >= 0.6 is 0 Å². The molecule has 26 heavy (non-hydrogen) atoms. The first kappa shape index (κ1) is 18.1. The molecule has 2 N–H and O–H groups in total. The van der Waals surface area contributed by atoms with Gasteiger partial charge in [-0.2, -0.15) is 0 Å². The quantitative estimate of drug-likeness (QED) is 0.838. The van der Waals surface area contributed by atoms with Crippen molar-refractivity contribution in [3.8, 4) is 0 Å². The molecule has 0 unspecified atom stereocenters. The average Bonchev–Trinajstić information content (AvgIpc) is 3.17. The van der Waals surface area contributed by atoms with Crippen molar-refractivity contribution in [3.63, 3.8) is 0 Å². The lowest BCUT2D eigenvalue weighted by molar-refractivity contribution is -0.149. The third-order valence-corrected chi connectivity index (χ3v) is 5.05. The number of carboxylic acid groups (broad SMARTS) is 1. The summed E-state index contributed by atoms with van der Waals surface area (Å²) in [5.74, 6) is -1.28. The number of likely N-dealkylation sites (tertiary alicyclic amines) is 1. The third-order valence-electron chi connectivity index (χ3n) is 5.05. The summed E-state index contributed by atoms with van der Waals surface area (Å²) >= 11 is 0. The fourth-order valence-corrected chi connectivity index (χ4v) is 3.80. The summed E-state index contributed by atoms with van der Waals surface area (Å²) in [6, 6.07) is 18.5. The number of carboxylic acids is 1. The molecule has 1 fully saturated rings. The predicted molar refractivity (Wildman–Crippen MR) is 99.9 cm³/mol. The number of nitrogens with one attached hydrogen (secondary N) is 1. The molecular weight excluding hydrogens is 328 g/mol. The molecule has 0 aliphatic carbocycles. The first-order valence-corrected chi connectivity index (χ1v) is 8.94. The molecule has 2 atom stereocenters. The molecular formula is C21H24N2O3. The van der Waals surface area contributed by atoms with Crippen LogP contribution in [0.15, 0.2) is 60.7 Å². The van der Waals surface area contributed by atoms with E-state index in [2.05, 4.69) is 5.32 Å². The van der Waals surface area contributed by atoms with Gasteiger partial charge in [-0.05, 0) is 31.0 Å². The van der Waals surface area contributed by atoms with Crippen LogP contribution in [0.5, 0.6) is 0 Å². The first-order chi connectivity index (χ1) is 12.6. The van der Waals surface area contributed by atoms with Gasteiger partial charge in [0.1, 0.15) is 6.04 Å². The van der Waals surface area contributed by atoms with Gasteiger partial charge in [0.15, 0.2) is 0 Å². The van der Waals surface area contributed by atoms with Gasteiger partial charge in [-0.25, -0.2) is 4.79 Å². The zero-order chi connectivity index (χ0) is 18.5. The molecule has 2 aromatic carbocycles. The van der Waals surface area contributed by atoms with Gasteiger partial charge in [-0.3, -0.25) is 4.79 Å². The van der Waals surface area contributed by atoms with E-state index in [0.29, 0.717) is 13.0 Å². The highest BCUT2D eigenvalue weighted by Gasteiger charge is 2.40. The molecule has 2 aromatic rings. The van der Waals surface area contributed by atoms with Gasteiger partial charge in [0.25, 0.3) is 0 Å². The van der Waals surface area contributed by atoms with Crippen molar-refractivity contribution in [2.24, 2.45) is 0 Å². The van der Waals surface area contributed by atoms with Crippen LogP contribution in [-0.4, -0.2) is 47.6 Å². The minimum atomic E-state index is -0.929. The fraction of sp³-hybridized carbons (Fsp3) is 0.333. The van der Waals surface area contributed by atoms with Crippen molar-refractivity contribution < 1.29 is 14.7 Å². The second-order valence-electron chi connectivity index (χ2n) is 6.59. The predicted octanol–water partition coefficient (Wildman–Crippen LogP) is 2.48. The maximum absolute atomic E-state index is 13.3. The van der Waals surface area contributed by atoms with E-state index in [1.165, 1.54) is 4.90 Å². The Bertz CT molecular complexity index is 709. The number of carbonyl (C=O) groups is 2. The Balaban J connectivity index is 1.98. The van der Waals surface area contributed by atoms with E-state index in [1.54, 1.807) is 7.05 Å². The van der Waals surface area contributed by atoms with E-state index in [0.717, 1.165) is 17.5 Å². The van der Waals surface area contributed by atoms with Crippen molar-refractivity contribution in [2.45, 2.75) is 30.8 Å². The Morgan fingerprint density at radius 3 is 2.04 bits per heavy atom. The monoisotopic (exact) mass is 352 g/mol. The van der Waals surface area contributed by atoms with E-state index in [1.807, 2.05) is 60.7 Å².